The zero-order chi connectivity index (χ0) is 13.9. The summed E-state index contributed by atoms with van der Waals surface area (Å²) in [6.45, 7) is 8.30. The van der Waals surface area contributed by atoms with E-state index < -0.39 is 23.5 Å². The van der Waals surface area contributed by atoms with Crippen molar-refractivity contribution in [3.05, 3.63) is 35.1 Å². The number of hydrogen-bond donors (Lipinski definition) is 1. The first-order valence-electron chi connectivity index (χ1n) is 6.15. The summed E-state index contributed by atoms with van der Waals surface area (Å²) in [5, 5.41) is 3.12. The molecule has 0 heterocycles. The molecule has 0 saturated heterocycles. The fourth-order valence-corrected chi connectivity index (χ4v) is 1.96. The first-order chi connectivity index (χ1) is 8.27. The molecule has 0 radical (unpaired) electrons. The highest BCUT2D eigenvalue weighted by atomic mass is 19.1. The van der Waals surface area contributed by atoms with Crippen LogP contribution in [0.2, 0.25) is 0 Å². The van der Waals surface area contributed by atoms with Crippen molar-refractivity contribution in [1.29, 1.82) is 0 Å². The molecule has 1 aromatic rings. The Kier molecular flexibility index (Phi) is 4.79. The molecule has 0 aliphatic heterocycles. The van der Waals surface area contributed by atoms with E-state index in [9.17, 15) is 13.2 Å². The molecule has 1 unspecified atom stereocenters. The average molecular weight is 259 g/mol. The van der Waals surface area contributed by atoms with Gasteiger partial charge in [0.1, 0.15) is 17.5 Å². The topological polar surface area (TPSA) is 12.0 Å². The number of rotatable bonds is 4. The van der Waals surface area contributed by atoms with Crippen LogP contribution in [0.3, 0.4) is 0 Å². The van der Waals surface area contributed by atoms with E-state index >= 15 is 0 Å². The van der Waals surface area contributed by atoms with Crippen LogP contribution in [-0.4, -0.2) is 6.54 Å². The van der Waals surface area contributed by atoms with E-state index in [1.807, 2.05) is 27.7 Å². The van der Waals surface area contributed by atoms with E-state index in [0.717, 1.165) is 18.6 Å². The summed E-state index contributed by atoms with van der Waals surface area (Å²) in [5.74, 6) is -2.57. The summed E-state index contributed by atoms with van der Waals surface area (Å²) in [6, 6.07) is 0.966. The molecule has 0 fully saturated rings. The standard InChI is InChI=1S/C14H20F3N/c1-5-6-18-13(14(2,3)4)12-10(16)7-9(15)8-11(12)17/h7-8,13,18H,5-6H2,1-4H3. The van der Waals surface area contributed by atoms with E-state index in [1.54, 1.807) is 0 Å². The minimum atomic E-state index is -0.892. The van der Waals surface area contributed by atoms with Gasteiger partial charge in [0.25, 0.3) is 0 Å². The summed E-state index contributed by atoms with van der Waals surface area (Å²) in [5.41, 5.74) is -0.452. The Balaban J connectivity index is 3.21. The zero-order valence-electron chi connectivity index (χ0n) is 11.3. The molecule has 0 saturated carbocycles. The molecule has 1 N–H and O–H groups in total. The highest BCUT2D eigenvalue weighted by Crippen LogP contribution is 2.35. The molecule has 0 spiro atoms. The normalized spacial score (nSPS) is 13.7. The lowest BCUT2D eigenvalue weighted by molar-refractivity contribution is 0.259. The second-order valence-electron chi connectivity index (χ2n) is 5.54. The predicted octanol–water partition coefficient (Wildman–Crippen LogP) is 4.19. The maximum atomic E-state index is 13.8. The molecular weight excluding hydrogens is 239 g/mol. The highest BCUT2D eigenvalue weighted by molar-refractivity contribution is 5.25. The fourth-order valence-electron chi connectivity index (χ4n) is 1.96. The summed E-state index contributed by atoms with van der Waals surface area (Å²) in [6.07, 6.45) is 0.858. The quantitative estimate of drug-likeness (QED) is 0.855. The second kappa shape index (κ2) is 5.74. The van der Waals surface area contributed by atoms with Gasteiger partial charge in [-0.2, -0.15) is 0 Å². The summed E-state index contributed by atoms with van der Waals surface area (Å²) in [4.78, 5) is 0. The Morgan fingerprint density at radius 1 is 1.11 bits per heavy atom. The molecule has 102 valence electrons. The maximum absolute atomic E-state index is 13.8. The van der Waals surface area contributed by atoms with Gasteiger partial charge in [-0.15, -0.1) is 0 Å². The predicted molar refractivity (Wildman–Crippen MR) is 66.8 cm³/mol. The maximum Gasteiger partial charge on any atom is 0.133 e. The van der Waals surface area contributed by atoms with Crippen LogP contribution in [-0.2, 0) is 0 Å². The second-order valence-corrected chi connectivity index (χ2v) is 5.54. The Labute approximate surface area is 106 Å². The smallest absolute Gasteiger partial charge is 0.133 e. The average Bonchev–Trinajstić information content (AvgIpc) is 2.19. The molecule has 1 rings (SSSR count). The van der Waals surface area contributed by atoms with Crippen molar-refractivity contribution in [2.75, 3.05) is 6.54 Å². The van der Waals surface area contributed by atoms with Crippen molar-refractivity contribution >= 4 is 0 Å². The van der Waals surface area contributed by atoms with Gasteiger partial charge in [-0.1, -0.05) is 27.7 Å². The Morgan fingerprint density at radius 3 is 2.00 bits per heavy atom. The van der Waals surface area contributed by atoms with Crippen LogP contribution in [0.5, 0.6) is 0 Å². The van der Waals surface area contributed by atoms with E-state index in [2.05, 4.69) is 5.32 Å². The van der Waals surface area contributed by atoms with Crippen LogP contribution >= 0.6 is 0 Å². The van der Waals surface area contributed by atoms with Gasteiger partial charge in [0.05, 0.1) is 0 Å². The van der Waals surface area contributed by atoms with Crippen LogP contribution < -0.4 is 5.32 Å². The summed E-state index contributed by atoms with van der Waals surface area (Å²) in [7, 11) is 0. The lowest BCUT2D eigenvalue weighted by atomic mass is 9.81. The summed E-state index contributed by atoms with van der Waals surface area (Å²) < 4.78 is 40.5. The zero-order valence-corrected chi connectivity index (χ0v) is 11.3. The van der Waals surface area contributed by atoms with Crippen LogP contribution in [0, 0.1) is 22.9 Å². The minimum absolute atomic E-state index is 0.0858. The van der Waals surface area contributed by atoms with Crippen LogP contribution in [0.1, 0.15) is 45.7 Å². The Bertz CT molecular complexity index is 387. The Morgan fingerprint density at radius 2 is 1.61 bits per heavy atom. The Hall–Kier alpha value is -1.03. The molecular formula is C14H20F3N. The molecule has 18 heavy (non-hydrogen) atoms. The molecule has 1 atom stereocenters. The van der Waals surface area contributed by atoms with Gasteiger partial charge in [0.15, 0.2) is 0 Å². The monoisotopic (exact) mass is 259 g/mol. The van der Waals surface area contributed by atoms with Gasteiger partial charge in [0.2, 0.25) is 0 Å². The number of halogens is 3. The molecule has 1 nitrogen and oxygen atoms in total. The SMILES string of the molecule is CCCNC(c1c(F)cc(F)cc1F)C(C)(C)C. The van der Waals surface area contributed by atoms with Gasteiger partial charge in [-0.3, -0.25) is 0 Å². The third-order valence-electron chi connectivity index (χ3n) is 2.80. The largest absolute Gasteiger partial charge is 0.309 e. The van der Waals surface area contributed by atoms with E-state index in [1.165, 1.54) is 0 Å². The van der Waals surface area contributed by atoms with Crippen LogP contribution in [0.4, 0.5) is 13.2 Å². The van der Waals surface area contributed by atoms with E-state index in [-0.39, 0.29) is 11.0 Å². The molecule has 1 aromatic carbocycles. The number of hydrogen-bond acceptors (Lipinski definition) is 1. The molecule has 0 bridgehead atoms. The number of nitrogens with one attached hydrogen (secondary N) is 1. The van der Waals surface area contributed by atoms with Crippen molar-refractivity contribution < 1.29 is 13.2 Å². The minimum Gasteiger partial charge on any atom is -0.309 e. The van der Waals surface area contributed by atoms with E-state index in [0.29, 0.717) is 6.54 Å². The molecule has 0 amide bonds. The molecule has 0 aliphatic rings. The van der Waals surface area contributed by atoms with E-state index in [4.69, 9.17) is 0 Å². The van der Waals surface area contributed by atoms with Crippen molar-refractivity contribution in [3.8, 4) is 0 Å². The third-order valence-corrected chi connectivity index (χ3v) is 2.80. The molecule has 4 heteroatoms. The lowest BCUT2D eigenvalue weighted by Crippen LogP contribution is -2.34. The van der Waals surface area contributed by atoms with Gasteiger partial charge in [0, 0.05) is 23.7 Å². The molecule has 0 aliphatic carbocycles. The van der Waals surface area contributed by atoms with Crippen molar-refractivity contribution in [1.82, 2.24) is 5.32 Å². The molecule has 0 aromatic heterocycles. The lowest BCUT2D eigenvalue weighted by Gasteiger charge is -2.32. The van der Waals surface area contributed by atoms with Crippen LogP contribution in [0.15, 0.2) is 12.1 Å². The summed E-state index contributed by atoms with van der Waals surface area (Å²) >= 11 is 0. The van der Waals surface area contributed by atoms with Crippen molar-refractivity contribution in [3.63, 3.8) is 0 Å². The van der Waals surface area contributed by atoms with Gasteiger partial charge < -0.3 is 5.32 Å². The van der Waals surface area contributed by atoms with Crippen molar-refractivity contribution in [2.45, 2.75) is 40.2 Å². The highest BCUT2D eigenvalue weighted by Gasteiger charge is 2.30. The fraction of sp³-hybridized carbons (Fsp3) is 0.571. The van der Waals surface area contributed by atoms with Gasteiger partial charge in [-0.05, 0) is 18.4 Å². The van der Waals surface area contributed by atoms with Crippen LogP contribution in [0.25, 0.3) is 0 Å². The van der Waals surface area contributed by atoms with Gasteiger partial charge in [-0.25, -0.2) is 13.2 Å². The van der Waals surface area contributed by atoms with Crippen molar-refractivity contribution in [2.24, 2.45) is 5.41 Å². The third kappa shape index (κ3) is 3.48. The first kappa shape index (κ1) is 15.0. The van der Waals surface area contributed by atoms with Gasteiger partial charge >= 0.3 is 0 Å². The number of benzene rings is 1. The first-order valence-corrected chi connectivity index (χ1v) is 6.15.